The van der Waals surface area contributed by atoms with Crippen LogP contribution in [0.2, 0.25) is 19.6 Å². The number of aliphatic carboxylic acids is 1. The summed E-state index contributed by atoms with van der Waals surface area (Å²) in [4.78, 5) is 10.9. The number of rotatable bonds is 6. The van der Waals surface area contributed by atoms with E-state index < -0.39 is 36.2 Å². The van der Waals surface area contributed by atoms with Crippen molar-refractivity contribution in [2.75, 3.05) is 0 Å². The number of nitrogens with one attached hydrogen (secondary N) is 1. The van der Waals surface area contributed by atoms with Crippen LogP contribution in [0.5, 0.6) is 0 Å². The fourth-order valence-electron chi connectivity index (χ4n) is 1.72. The van der Waals surface area contributed by atoms with Gasteiger partial charge in [0, 0.05) is 0 Å². The number of carboxylic acid groups (broad SMARTS) is 1. The van der Waals surface area contributed by atoms with Crippen LogP contribution in [0.15, 0.2) is 29.2 Å². The van der Waals surface area contributed by atoms with Gasteiger partial charge >= 0.3 is 5.97 Å². The molecule has 0 saturated carbocycles. The molecule has 0 bridgehead atoms. The van der Waals surface area contributed by atoms with E-state index in [9.17, 15) is 18.3 Å². The van der Waals surface area contributed by atoms with E-state index in [-0.39, 0.29) is 4.90 Å². The Balaban J connectivity index is 3.06. The van der Waals surface area contributed by atoms with E-state index in [0.29, 0.717) is 0 Å². The van der Waals surface area contributed by atoms with Crippen molar-refractivity contribution < 1.29 is 23.4 Å². The Bertz CT molecular complexity index is 604. The third kappa shape index (κ3) is 4.63. The molecule has 0 aliphatic heterocycles. The number of hydrogen-bond acceptors (Lipinski definition) is 4. The summed E-state index contributed by atoms with van der Waals surface area (Å²) in [5.74, 6) is -1.42. The lowest BCUT2D eigenvalue weighted by atomic mass is 10.2. The highest BCUT2D eigenvalue weighted by atomic mass is 32.2. The molecule has 3 N–H and O–H groups in total. The van der Waals surface area contributed by atoms with E-state index in [2.05, 4.69) is 19.6 Å². The number of hydrogen-bond donors (Lipinski definition) is 3. The minimum absolute atomic E-state index is 0.0172. The van der Waals surface area contributed by atoms with Gasteiger partial charge in [-0.1, -0.05) is 37.0 Å². The quantitative estimate of drug-likeness (QED) is 0.652. The molecule has 0 aliphatic rings. The van der Waals surface area contributed by atoms with Gasteiger partial charge in [0.1, 0.15) is 6.04 Å². The lowest BCUT2D eigenvalue weighted by Gasteiger charge is -2.19. The largest absolute Gasteiger partial charge is 0.480 e. The van der Waals surface area contributed by atoms with Crippen LogP contribution in [-0.2, 0) is 14.8 Å². The van der Waals surface area contributed by atoms with E-state index >= 15 is 0 Å². The van der Waals surface area contributed by atoms with E-state index in [1.54, 1.807) is 12.1 Å². The first-order chi connectivity index (χ1) is 9.45. The normalized spacial score (nSPS) is 15.5. The lowest BCUT2D eigenvalue weighted by molar-refractivity contribution is -0.141. The van der Waals surface area contributed by atoms with Crippen molar-refractivity contribution in [1.82, 2.24) is 4.72 Å². The van der Waals surface area contributed by atoms with E-state index in [0.717, 1.165) is 5.19 Å². The molecule has 1 rings (SSSR count). The second kappa shape index (κ2) is 6.26. The van der Waals surface area contributed by atoms with Crippen LogP contribution in [0.1, 0.15) is 6.92 Å². The zero-order valence-corrected chi connectivity index (χ0v) is 14.3. The maximum absolute atomic E-state index is 12.1. The van der Waals surface area contributed by atoms with Crippen molar-refractivity contribution in [3.05, 3.63) is 24.3 Å². The Kier molecular flexibility index (Phi) is 5.32. The molecular weight excluding hydrogens is 310 g/mol. The predicted octanol–water partition coefficient (Wildman–Crippen LogP) is 0.344. The Morgan fingerprint density at radius 3 is 2.00 bits per heavy atom. The molecule has 8 heteroatoms. The molecule has 0 aliphatic carbocycles. The standard InChI is InChI=1S/C13H21NO5SSi/c1-9(15)12(13(16)17)14-20(18,19)10-5-7-11(8-6-10)21(2,3)4/h5-9,12,14-15H,1-4H3,(H,16,17)/t9-,12?/m1/s1. The van der Waals surface area contributed by atoms with Gasteiger partial charge in [0.15, 0.2) is 0 Å². The zero-order chi connectivity index (χ0) is 16.4. The molecule has 1 aromatic rings. The third-order valence-corrected chi connectivity index (χ3v) is 6.58. The molecule has 0 heterocycles. The van der Waals surface area contributed by atoms with Crippen molar-refractivity contribution in [3.8, 4) is 0 Å². The summed E-state index contributed by atoms with van der Waals surface area (Å²) in [5.41, 5.74) is 0. The summed E-state index contributed by atoms with van der Waals surface area (Å²) in [6.07, 6.45) is -1.33. The minimum atomic E-state index is -3.99. The second-order valence-electron chi connectivity index (χ2n) is 5.95. The zero-order valence-electron chi connectivity index (χ0n) is 12.5. The molecule has 2 atom stereocenters. The van der Waals surface area contributed by atoms with Crippen LogP contribution in [0.25, 0.3) is 0 Å². The number of aliphatic hydroxyl groups excluding tert-OH is 1. The Labute approximate surface area is 125 Å². The third-order valence-electron chi connectivity index (χ3n) is 3.06. The summed E-state index contributed by atoms with van der Waals surface area (Å²) in [6.45, 7) is 7.64. The first-order valence-electron chi connectivity index (χ1n) is 6.49. The summed E-state index contributed by atoms with van der Waals surface area (Å²) in [5, 5.41) is 19.4. The first kappa shape index (κ1) is 17.8. The van der Waals surface area contributed by atoms with Gasteiger partial charge < -0.3 is 10.2 Å². The Morgan fingerprint density at radius 2 is 1.67 bits per heavy atom. The van der Waals surface area contributed by atoms with E-state index in [1.807, 2.05) is 4.72 Å². The summed E-state index contributed by atoms with van der Waals surface area (Å²) >= 11 is 0. The van der Waals surface area contributed by atoms with Gasteiger partial charge in [0.25, 0.3) is 0 Å². The fraction of sp³-hybridized carbons (Fsp3) is 0.462. The number of carbonyl (C=O) groups is 1. The monoisotopic (exact) mass is 331 g/mol. The molecule has 6 nitrogen and oxygen atoms in total. The summed E-state index contributed by atoms with van der Waals surface area (Å²) in [7, 11) is -5.52. The fourth-order valence-corrected chi connectivity index (χ4v) is 4.15. The van der Waals surface area contributed by atoms with Crippen molar-refractivity contribution in [3.63, 3.8) is 0 Å². The molecule has 118 valence electrons. The maximum atomic E-state index is 12.1. The van der Waals surface area contributed by atoms with Crippen molar-refractivity contribution >= 4 is 29.3 Å². The highest BCUT2D eigenvalue weighted by Crippen LogP contribution is 2.11. The summed E-state index contributed by atoms with van der Waals surface area (Å²) in [6, 6.07) is 4.83. The molecule has 0 fully saturated rings. The van der Waals surface area contributed by atoms with Gasteiger partial charge in [-0.25, -0.2) is 8.42 Å². The van der Waals surface area contributed by atoms with Crippen molar-refractivity contribution in [2.45, 2.75) is 43.6 Å². The number of sulfonamides is 1. The molecule has 0 spiro atoms. The van der Waals surface area contributed by atoms with Gasteiger partial charge in [0.2, 0.25) is 10.0 Å². The topological polar surface area (TPSA) is 104 Å². The van der Waals surface area contributed by atoms with Gasteiger partial charge in [-0.2, -0.15) is 4.72 Å². The van der Waals surface area contributed by atoms with Crippen LogP contribution in [0.4, 0.5) is 0 Å². The molecule has 1 aromatic carbocycles. The van der Waals surface area contributed by atoms with E-state index in [1.165, 1.54) is 19.1 Å². The maximum Gasteiger partial charge on any atom is 0.324 e. The van der Waals surface area contributed by atoms with Crippen LogP contribution in [-0.4, -0.2) is 44.8 Å². The molecular formula is C13H21NO5SSi. The van der Waals surface area contributed by atoms with Crippen LogP contribution >= 0.6 is 0 Å². The second-order valence-corrected chi connectivity index (χ2v) is 12.7. The van der Waals surface area contributed by atoms with Gasteiger partial charge in [0.05, 0.1) is 19.1 Å². The average molecular weight is 331 g/mol. The highest BCUT2D eigenvalue weighted by molar-refractivity contribution is 7.89. The summed E-state index contributed by atoms with van der Waals surface area (Å²) < 4.78 is 26.3. The van der Waals surface area contributed by atoms with Gasteiger partial charge in [-0.3, -0.25) is 4.79 Å². The molecule has 0 amide bonds. The van der Waals surface area contributed by atoms with Gasteiger partial charge in [-0.15, -0.1) is 0 Å². The molecule has 0 radical (unpaired) electrons. The van der Waals surface area contributed by atoms with Crippen molar-refractivity contribution in [1.29, 1.82) is 0 Å². The van der Waals surface area contributed by atoms with E-state index in [4.69, 9.17) is 5.11 Å². The minimum Gasteiger partial charge on any atom is -0.480 e. The van der Waals surface area contributed by atoms with Crippen LogP contribution < -0.4 is 9.91 Å². The lowest BCUT2D eigenvalue weighted by Crippen LogP contribution is -2.47. The SMILES string of the molecule is C[C@@H](O)C(NS(=O)(=O)c1ccc([Si](C)(C)C)cc1)C(=O)O. The number of aliphatic hydroxyl groups is 1. The van der Waals surface area contributed by atoms with Gasteiger partial charge in [-0.05, 0) is 19.1 Å². The number of benzene rings is 1. The smallest absolute Gasteiger partial charge is 0.324 e. The Morgan fingerprint density at radius 1 is 1.19 bits per heavy atom. The Hall–Kier alpha value is -1.22. The highest BCUT2D eigenvalue weighted by Gasteiger charge is 2.29. The predicted molar refractivity (Wildman–Crippen MR) is 82.8 cm³/mol. The molecule has 0 aromatic heterocycles. The van der Waals surface area contributed by atoms with Crippen LogP contribution in [0.3, 0.4) is 0 Å². The van der Waals surface area contributed by atoms with Crippen LogP contribution in [0, 0.1) is 0 Å². The molecule has 21 heavy (non-hydrogen) atoms. The van der Waals surface area contributed by atoms with Crippen molar-refractivity contribution in [2.24, 2.45) is 0 Å². The average Bonchev–Trinajstić information content (AvgIpc) is 2.34. The molecule has 0 saturated heterocycles. The number of carboxylic acids is 1. The first-order valence-corrected chi connectivity index (χ1v) is 11.5. The molecule has 1 unspecified atom stereocenters.